The van der Waals surface area contributed by atoms with Crippen molar-refractivity contribution in [3.63, 3.8) is 0 Å². The van der Waals surface area contributed by atoms with Gasteiger partial charge in [0.1, 0.15) is 6.10 Å². The highest BCUT2D eigenvalue weighted by Crippen LogP contribution is 2.25. The molecule has 74 valence electrons. The minimum atomic E-state index is -4.22. The van der Waals surface area contributed by atoms with Crippen molar-refractivity contribution in [3.05, 3.63) is 0 Å². The van der Waals surface area contributed by atoms with Gasteiger partial charge in [-0.1, -0.05) is 0 Å². The molecule has 1 heterocycles. The van der Waals surface area contributed by atoms with Crippen LogP contribution in [0.15, 0.2) is 0 Å². The number of rotatable bonds is 3. The van der Waals surface area contributed by atoms with Crippen LogP contribution in [0.3, 0.4) is 0 Å². The summed E-state index contributed by atoms with van der Waals surface area (Å²) in [7, 11) is 0. The van der Waals surface area contributed by atoms with Gasteiger partial charge in [0.2, 0.25) is 5.91 Å². The predicted molar refractivity (Wildman–Crippen MR) is 35.1 cm³/mol. The lowest BCUT2D eigenvalue weighted by Crippen LogP contribution is -2.61. The molecule has 13 heavy (non-hydrogen) atoms. The average molecular weight is 195 g/mol. The van der Waals surface area contributed by atoms with Crippen LogP contribution < -0.4 is 5.32 Å². The number of aliphatic hydroxyl groups excluding tert-OH is 1. The van der Waals surface area contributed by atoms with Gasteiger partial charge in [0.25, 0.3) is 0 Å². The highest BCUT2D eigenvalue weighted by atomic mass is 19.3. The number of aliphatic carboxylic acids is 1. The van der Waals surface area contributed by atoms with Crippen LogP contribution in [-0.2, 0) is 9.59 Å². The first-order chi connectivity index (χ1) is 5.85. The van der Waals surface area contributed by atoms with Crippen LogP contribution in [-0.4, -0.2) is 40.2 Å². The molecular weight excluding hydrogens is 188 g/mol. The summed E-state index contributed by atoms with van der Waals surface area (Å²) in [6.45, 7) is 0. The second kappa shape index (κ2) is 2.91. The van der Waals surface area contributed by atoms with Crippen LogP contribution in [0.25, 0.3) is 0 Å². The lowest BCUT2D eigenvalue weighted by atomic mass is 9.95. The van der Waals surface area contributed by atoms with Gasteiger partial charge in [-0.15, -0.1) is 0 Å². The molecular formula is C6H7F2NO4. The Morgan fingerprint density at radius 1 is 1.69 bits per heavy atom. The fourth-order valence-electron chi connectivity index (χ4n) is 0.955. The summed E-state index contributed by atoms with van der Waals surface area (Å²) in [4.78, 5) is 20.3. The van der Waals surface area contributed by atoms with E-state index in [-0.39, 0.29) is 6.42 Å². The Morgan fingerprint density at radius 3 is 2.46 bits per heavy atom. The number of carbonyl (C=O) groups is 2. The van der Waals surface area contributed by atoms with E-state index in [1.807, 2.05) is 5.32 Å². The summed E-state index contributed by atoms with van der Waals surface area (Å²) in [6, 6.07) is -1.17. The number of carbonyl (C=O) groups excluding carboxylic acids is 1. The smallest absolute Gasteiger partial charge is 0.377 e. The van der Waals surface area contributed by atoms with Crippen LogP contribution in [0.2, 0.25) is 0 Å². The van der Waals surface area contributed by atoms with Gasteiger partial charge in [0.05, 0.1) is 6.04 Å². The minimum absolute atomic E-state index is 0.274. The fourth-order valence-corrected chi connectivity index (χ4v) is 0.955. The van der Waals surface area contributed by atoms with Crippen molar-refractivity contribution in [2.24, 2.45) is 0 Å². The van der Waals surface area contributed by atoms with Gasteiger partial charge in [0, 0.05) is 6.42 Å². The number of halogens is 2. The number of aliphatic hydroxyl groups is 1. The number of alkyl halides is 2. The number of nitrogens with one attached hydrogen (secondary N) is 1. The molecule has 1 fully saturated rings. The summed E-state index contributed by atoms with van der Waals surface area (Å²) < 4.78 is 25.1. The van der Waals surface area contributed by atoms with Crippen molar-refractivity contribution >= 4 is 11.9 Å². The van der Waals surface area contributed by atoms with E-state index < -0.39 is 29.9 Å². The Hall–Kier alpha value is -1.24. The SMILES string of the molecule is O=C1C[C@@H]([C@@H](O)C(F)(F)C(=O)O)N1. The molecule has 1 aliphatic heterocycles. The molecule has 2 atom stereocenters. The van der Waals surface area contributed by atoms with Gasteiger partial charge in [-0.3, -0.25) is 4.79 Å². The summed E-state index contributed by atoms with van der Waals surface area (Å²) in [6.07, 6.45) is -2.65. The third-order valence-corrected chi connectivity index (χ3v) is 1.79. The van der Waals surface area contributed by atoms with Gasteiger partial charge in [-0.2, -0.15) is 8.78 Å². The molecule has 1 amide bonds. The molecule has 1 aliphatic rings. The molecule has 1 rings (SSSR count). The monoisotopic (exact) mass is 195 g/mol. The highest BCUT2D eigenvalue weighted by Gasteiger charge is 2.53. The number of carboxylic acids is 1. The third-order valence-electron chi connectivity index (χ3n) is 1.79. The van der Waals surface area contributed by atoms with E-state index in [0.717, 1.165) is 0 Å². The first-order valence-electron chi connectivity index (χ1n) is 3.44. The maximum absolute atomic E-state index is 12.5. The summed E-state index contributed by atoms with van der Waals surface area (Å²) in [5.74, 6) is -7.11. The zero-order valence-electron chi connectivity index (χ0n) is 6.33. The number of hydrogen-bond acceptors (Lipinski definition) is 3. The van der Waals surface area contributed by atoms with Crippen LogP contribution in [0.5, 0.6) is 0 Å². The van der Waals surface area contributed by atoms with Crippen LogP contribution in [0.1, 0.15) is 6.42 Å². The second-order valence-corrected chi connectivity index (χ2v) is 2.75. The van der Waals surface area contributed by atoms with Crippen molar-refractivity contribution in [3.8, 4) is 0 Å². The molecule has 0 saturated carbocycles. The second-order valence-electron chi connectivity index (χ2n) is 2.75. The van der Waals surface area contributed by atoms with Crippen molar-refractivity contribution in [2.45, 2.75) is 24.5 Å². The fraction of sp³-hybridized carbons (Fsp3) is 0.667. The summed E-state index contributed by atoms with van der Waals surface area (Å²) in [5, 5.41) is 18.8. The van der Waals surface area contributed by atoms with E-state index in [9.17, 15) is 18.4 Å². The molecule has 0 unspecified atom stereocenters. The topological polar surface area (TPSA) is 86.6 Å². The first-order valence-corrected chi connectivity index (χ1v) is 3.44. The Bertz CT molecular complexity index is 247. The van der Waals surface area contributed by atoms with Crippen LogP contribution in [0.4, 0.5) is 8.78 Å². The van der Waals surface area contributed by atoms with Crippen LogP contribution >= 0.6 is 0 Å². The Morgan fingerprint density at radius 2 is 2.15 bits per heavy atom. The summed E-state index contributed by atoms with van der Waals surface area (Å²) in [5.41, 5.74) is 0. The van der Waals surface area contributed by atoms with Gasteiger partial charge >= 0.3 is 11.9 Å². The first kappa shape index (κ1) is 9.85. The van der Waals surface area contributed by atoms with E-state index in [1.54, 1.807) is 0 Å². The van der Waals surface area contributed by atoms with Crippen molar-refractivity contribution in [1.82, 2.24) is 5.32 Å². The Labute approximate surface area is 71.4 Å². The average Bonchev–Trinajstić information content (AvgIpc) is 1.97. The van der Waals surface area contributed by atoms with Gasteiger partial charge in [-0.25, -0.2) is 4.79 Å². The van der Waals surface area contributed by atoms with E-state index in [1.165, 1.54) is 0 Å². The van der Waals surface area contributed by atoms with Crippen LogP contribution in [0, 0.1) is 0 Å². The number of β-lactam (4-membered cyclic amide) rings is 1. The van der Waals surface area contributed by atoms with Crippen molar-refractivity contribution in [1.29, 1.82) is 0 Å². The quantitative estimate of drug-likeness (QED) is 0.502. The van der Waals surface area contributed by atoms with Gasteiger partial charge in [0.15, 0.2) is 0 Å². The lowest BCUT2D eigenvalue weighted by molar-refractivity contribution is -0.188. The Kier molecular flexibility index (Phi) is 2.21. The molecule has 0 aromatic carbocycles. The lowest BCUT2D eigenvalue weighted by Gasteiger charge is -2.33. The standard InChI is InChI=1S/C6H7F2NO4/c7-6(8,5(12)13)4(11)2-1-3(10)9-2/h2,4,11H,1H2,(H,9,10)(H,12,13)/t2-,4+/m0/s1. The maximum atomic E-state index is 12.5. The largest absolute Gasteiger partial charge is 0.477 e. The number of amides is 1. The van der Waals surface area contributed by atoms with E-state index in [2.05, 4.69) is 0 Å². The van der Waals surface area contributed by atoms with E-state index in [4.69, 9.17) is 10.2 Å². The molecule has 1 saturated heterocycles. The molecule has 0 spiro atoms. The third kappa shape index (κ3) is 1.59. The zero-order valence-corrected chi connectivity index (χ0v) is 6.33. The Balaban J connectivity index is 2.61. The van der Waals surface area contributed by atoms with Crippen molar-refractivity contribution in [2.75, 3.05) is 0 Å². The zero-order chi connectivity index (χ0) is 10.2. The molecule has 0 bridgehead atoms. The normalized spacial score (nSPS) is 24.5. The molecule has 5 nitrogen and oxygen atoms in total. The molecule has 0 aromatic rings. The predicted octanol–water partition coefficient (Wildman–Crippen LogP) is -1.04. The van der Waals surface area contributed by atoms with Crippen molar-refractivity contribution < 1.29 is 28.6 Å². The molecule has 3 N–H and O–H groups in total. The molecule has 0 radical (unpaired) electrons. The van der Waals surface area contributed by atoms with Gasteiger partial charge in [-0.05, 0) is 0 Å². The minimum Gasteiger partial charge on any atom is -0.477 e. The highest BCUT2D eigenvalue weighted by molar-refractivity contribution is 5.84. The number of hydrogen-bond donors (Lipinski definition) is 3. The van der Waals surface area contributed by atoms with E-state index >= 15 is 0 Å². The molecule has 0 aromatic heterocycles. The molecule has 7 heteroatoms. The summed E-state index contributed by atoms with van der Waals surface area (Å²) >= 11 is 0. The van der Waals surface area contributed by atoms with Gasteiger partial charge < -0.3 is 15.5 Å². The van der Waals surface area contributed by atoms with E-state index in [0.29, 0.717) is 0 Å². The number of carboxylic acid groups (broad SMARTS) is 1. The maximum Gasteiger partial charge on any atom is 0.377 e. The molecule has 0 aliphatic carbocycles.